The molecule has 2 rings (SSSR count). The number of hydrogen-bond acceptors (Lipinski definition) is 2. The summed E-state index contributed by atoms with van der Waals surface area (Å²) in [5, 5.41) is 4.97. The number of hydrogen-bond donors (Lipinski definition) is 0. The van der Waals surface area contributed by atoms with E-state index < -0.39 is 0 Å². The predicted octanol–water partition coefficient (Wildman–Crippen LogP) is 3.92. The van der Waals surface area contributed by atoms with Crippen LogP contribution in [0.4, 0.5) is 0 Å². The van der Waals surface area contributed by atoms with Crippen molar-refractivity contribution in [1.82, 2.24) is 9.78 Å². The third kappa shape index (κ3) is 3.73. The molecule has 1 heterocycles. The van der Waals surface area contributed by atoms with E-state index in [0.29, 0.717) is 17.9 Å². The summed E-state index contributed by atoms with van der Waals surface area (Å²) in [5.41, 5.74) is 4.10. The highest BCUT2D eigenvalue weighted by atomic mass is 35.5. The Labute approximate surface area is 130 Å². The molecular formula is C17H21ClN2O. The zero-order valence-electron chi connectivity index (χ0n) is 12.8. The van der Waals surface area contributed by atoms with E-state index in [1.54, 1.807) is 0 Å². The van der Waals surface area contributed by atoms with E-state index in [9.17, 15) is 4.79 Å². The molecule has 0 aliphatic rings. The molecule has 2 aromatic rings. The standard InChI is InChI=1S/C17H21ClN2O/c1-4-20-16(17(18)13(3)19-20)11-15(21)10-9-14-8-6-5-7-12(14)2/h5-8H,4,9-11H2,1-3H3. The minimum atomic E-state index is 0.203. The highest BCUT2D eigenvalue weighted by molar-refractivity contribution is 6.32. The Morgan fingerprint density at radius 1 is 1.29 bits per heavy atom. The lowest BCUT2D eigenvalue weighted by atomic mass is 10.0. The summed E-state index contributed by atoms with van der Waals surface area (Å²) < 4.78 is 1.82. The molecule has 112 valence electrons. The second kappa shape index (κ2) is 6.90. The van der Waals surface area contributed by atoms with Gasteiger partial charge < -0.3 is 0 Å². The topological polar surface area (TPSA) is 34.9 Å². The van der Waals surface area contributed by atoms with E-state index in [0.717, 1.165) is 24.4 Å². The van der Waals surface area contributed by atoms with E-state index in [1.807, 2.05) is 30.7 Å². The molecule has 1 aromatic carbocycles. The maximum atomic E-state index is 12.2. The quantitative estimate of drug-likeness (QED) is 0.811. The first kappa shape index (κ1) is 15.8. The van der Waals surface area contributed by atoms with Gasteiger partial charge in [-0.3, -0.25) is 9.48 Å². The lowest BCUT2D eigenvalue weighted by Gasteiger charge is -2.07. The molecular weight excluding hydrogens is 284 g/mol. The van der Waals surface area contributed by atoms with Crippen LogP contribution in [0.15, 0.2) is 24.3 Å². The maximum absolute atomic E-state index is 12.2. The second-order valence-electron chi connectivity index (χ2n) is 5.30. The van der Waals surface area contributed by atoms with Crippen molar-refractivity contribution in [1.29, 1.82) is 0 Å². The molecule has 1 aromatic heterocycles. The van der Waals surface area contributed by atoms with Gasteiger partial charge in [-0.1, -0.05) is 35.9 Å². The van der Waals surface area contributed by atoms with Crippen LogP contribution in [-0.2, 0) is 24.2 Å². The van der Waals surface area contributed by atoms with E-state index in [2.05, 4.69) is 24.2 Å². The normalized spacial score (nSPS) is 10.9. The molecule has 0 atom stereocenters. The van der Waals surface area contributed by atoms with Gasteiger partial charge in [-0.25, -0.2) is 0 Å². The summed E-state index contributed by atoms with van der Waals surface area (Å²) in [6.07, 6.45) is 1.68. The molecule has 0 aliphatic heterocycles. The third-order valence-corrected chi connectivity index (χ3v) is 4.24. The molecule has 0 bridgehead atoms. The van der Waals surface area contributed by atoms with Crippen LogP contribution in [-0.4, -0.2) is 15.6 Å². The van der Waals surface area contributed by atoms with Crippen LogP contribution in [0, 0.1) is 13.8 Å². The fraction of sp³-hybridized carbons (Fsp3) is 0.412. The molecule has 0 amide bonds. The molecule has 0 aliphatic carbocycles. The fourth-order valence-electron chi connectivity index (χ4n) is 2.48. The molecule has 0 unspecified atom stereocenters. The molecule has 3 nitrogen and oxygen atoms in total. The molecule has 0 saturated heterocycles. The fourth-order valence-corrected chi connectivity index (χ4v) is 2.68. The number of benzene rings is 1. The van der Waals surface area contributed by atoms with Gasteiger partial charge in [0, 0.05) is 19.4 Å². The Kier molecular flexibility index (Phi) is 5.18. The van der Waals surface area contributed by atoms with E-state index in [1.165, 1.54) is 11.1 Å². The zero-order chi connectivity index (χ0) is 15.4. The monoisotopic (exact) mass is 304 g/mol. The Morgan fingerprint density at radius 2 is 2.00 bits per heavy atom. The largest absolute Gasteiger partial charge is 0.299 e. The summed E-state index contributed by atoms with van der Waals surface area (Å²) in [7, 11) is 0. The average Bonchev–Trinajstić information content (AvgIpc) is 2.74. The first-order valence-corrected chi connectivity index (χ1v) is 7.68. The van der Waals surface area contributed by atoms with E-state index in [4.69, 9.17) is 11.6 Å². The number of aryl methyl sites for hydroxylation is 4. The highest BCUT2D eigenvalue weighted by Crippen LogP contribution is 2.21. The van der Waals surface area contributed by atoms with Gasteiger partial charge in [0.25, 0.3) is 0 Å². The SMILES string of the molecule is CCn1nc(C)c(Cl)c1CC(=O)CCc1ccccc1C. The number of ketones is 1. The van der Waals surface area contributed by atoms with Crippen molar-refractivity contribution in [2.75, 3.05) is 0 Å². The van der Waals surface area contributed by atoms with Crippen LogP contribution in [0.5, 0.6) is 0 Å². The number of halogens is 1. The van der Waals surface area contributed by atoms with Crippen molar-refractivity contribution in [3.05, 3.63) is 51.8 Å². The molecule has 21 heavy (non-hydrogen) atoms. The Balaban J connectivity index is 2.01. The van der Waals surface area contributed by atoms with Crippen LogP contribution in [0.25, 0.3) is 0 Å². The van der Waals surface area contributed by atoms with Crippen LogP contribution in [0.3, 0.4) is 0 Å². The molecule has 0 N–H and O–H groups in total. The number of nitrogens with zero attached hydrogens (tertiary/aromatic N) is 2. The summed E-state index contributed by atoms with van der Waals surface area (Å²) in [4.78, 5) is 12.2. The van der Waals surface area contributed by atoms with Gasteiger partial charge in [-0.2, -0.15) is 5.10 Å². The third-order valence-electron chi connectivity index (χ3n) is 3.75. The lowest BCUT2D eigenvalue weighted by molar-refractivity contribution is -0.118. The molecule has 0 saturated carbocycles. The minimum absolute atomic E-state index is 0.203. The van der Waals surface area contributed by atoms with E-state index in [-0.39, 0.29) is 5.78 Å². The summed E-state index contributed by atoms with van der Waals surface area (Å²) in [5.74, 6) is 0.203. The Morgan fingerprint density at radius 3 is 2.67 bits per heavy atom. The molecule has 0 spiro atoms. The Hall–Kier alpha value is -1.61. The smallest absolute Gasteiger partial charge is 0.139 e. The molecule has 0 radical (unpaired) electrons. The van der Waals surface area contributed by atoms with Gasteiger partial charge >= 0.3 is 0 Å². The second-order valence-corrected chi connectivity index (χ2v) is 5.68. The zero-order valence-corrected chi connectivity index (χ0v) is 13.6. The average molecular weight is 305 g/mol. The van der Waals surface area contributed by atoms with Crippen molar-refractivity contribution in [2.24, 2.45) is 0 Å². The van der Waals surface area contributed by atoms with Crippen LogP contribution >= 0.6 is 11.6 Å². The summed E-state index contributed by atoms with van der Waals surface area (Å²) in [6, 6.07) is 8.18. The van der Waals surface area contributed by atoms with Gasteiger partial charge in [-0.05, 0) is 38.3 Å². The van der Waals surface area contributed by atoms with Crippen molar-refractivity contribution in [3.8, 4) is 0 Å². The van der Waals surface area contributed by atoms with Crippen molar-refractivity contribution < 1.29 is 4.79 Å². The first-order chi connectivity index (χ1) is 10.0. The highest BCUT2D eigenvalue weighted by Gasteiger charge is 2.16. The van der Waals surface area contributed by atoms with Crippen molar-refractivity contribution in [3.63, 3.8) is 0 Å². The van der Waals surface area contributed by atoms with Gasteiger partial charge in [0.05, 0.1) is 16.4 Å². The number of carbonyl (C=O) groups is 1. The van der Waals surface area contributed by atoms with Gasteiger partial charge in [0.2, 0.25) is 0 Å². The number of carbonyl (C=O) groups excluding carboxylic acids is 1. The number of rotatable bonds is 6. The number of Topliss-reactive ketones (excluding diaryl/α,β-unsaturated/α-hetero) is 1. The Bertz CT molecular complexity index is 646. The molecule has 4 heteroatoms. The van der Waals surface area contributed by atoms with Crippen LogP contribution in [0.1, 0.15) is 35.9 Å². The van der Waals surface area contributed by atoms with Crippen molar-refractivity contribution >= 4 is 17.4 Å². The van der Waals surface area contributed by atoms with Gasteiger partial charge in [-0.15, -0.1) is 0 Å². The summed E-state index contributed by atoms with van der Waals surface area (Å²) in [6.45, 7) is 6.68. The molecule has 0 fully saturated rings. The van der Waals surface area contributed by atoms with E-state index >= 15 is 0 Å². The van der Waals surface area contributed by atoms with Crippen molar-refractivity contribution in [2.45, 2.75) is 46.6 Å². The predicted molar refractivity (Wildman–Crippen MR) is 85.9 cm³/mol. The lowest BCUT2D eigenvalue weighted by Crippen LogP contribution is -2.10. The van der Waals surface area contributed by atoms with Crippen LogP contribution < -0.4 is 0 Å². The van der Waals surface area contributed by atoms with Crippen LogP contribution in [0.2, 0.25) is 5.02 Å². The minimum Gasteiger partial charge on any atom is -0.299 e. The first-order valence-electron chi connectivity index (χ1n) is 7.31. The van der Waals surface area contributed by atoms with Gasteiger partial charge in [0.1, 0.15) is 5.78 Å². The maximum Gasteiger partial charge on any atom is 0.139 e. The number of aromatic nitrogens is 2. The van der Waals surface area contributed by atoms with Gasteiger partial charge in [0.15, 0.2) is 0 Å². The summed E-state index contributed by atoms with van der Waals surface area (Å²) >= 11 is 6.24.